The van der Waals surface area contributed by atoms with Crippen molar-refractivity contribution in [3.8, 4) is 10.7 Å². The number of rotatable bonds is 4. The molecule has 0 saturated carbocycles. The van der Waals surface area contributed by atoms with E-state index >= 15 is 0 Å². The van der Waals surface area contributed by atoms with Crippen LogP contribution in [0.5, 0.6) is 0 Å². The highest BCUT2D eigenvalue weighted by atomic mass is 32.1. The molecule has 0 bridgehead atoms. The summed E-state index contributed by atoms with van der Waals surface area (Å²) in [5.74, 6) is 0. The van der Waals surface area contributed by atoms with Gasteiger partial charge >= 0.3 is 5.69 Å². The molecule has 0 spiro atoms. The van der Waals surface area contributed by atoms with Crippen molar-refractivity contribution in [2.75, 3.05) is 12.4 Å². The van der Waals surface area contributed by atoms with Gasteiger partial charge in [0.2, 0.25) is 5.13 Å². The zero-order chi connectivity index (χ0) is 12.4. The zero-order valence-corrected chi connectivity index (χ0v) is 9.22. The van der Waals surface area contributed by atoms with E-state index in [1.807, 2.05) is 0 Å². The summed E-state index contributed by atoms with van der Waals surface area (Å²) in [5, 5.41) is 22.2. The summed E-state index contributed by atoms with van der Waals surface area (Å²) in [6.45, 7) is -0.761. The molecular formula is C7H7FN6O2S. The number of nitro groups is 1. The molecule has 8 nitrogen and oxygen atoms in total. The van der Waals surface area contributed by atoms with Gasteiger partial charge in [-0.3, -0.25) is 14.8 Å². The number of halogens is 1. The van der Waals surface area contributed by atoms with Gasteiger partial charge in [-0.05, 0) is 0 Å². The normalized spacial score (nSPS) is 10.6. The molecule has 0 radical (unpaired) electrons. The lowest BCUT2D eigenvalue weighted by atomic mass is 10.4. The molecule has 0 fully saturated rings. The van der Waals surface area contributed by atoms with Crippen molar-refractivity contribution in [1.29, 1.82) is 0 Å². The molecule has 0 atom stereocenters. The molecule has 0 saturated heterocycles. The quantitative estimate of drug-likeness (QED) is 0.642. The lowest BCUT2D eigenvalue weighted by Gasteiger charge is -2.00. The Balaban J connectivity index is 2.55. The fourth-order valence-corrected chi connectivity index (χ4v) is 1.98. The molecule has 10 heteroatoms. The maximum absolute atomic E-state index is 12.3. The van der Waals surface area contributed by atoms with Gasteiger partial charge in [-0.1, -0.05) is 11.3 Å². The Morgan fingerprint density at radius 2 is 2.35 bits per heavy atom. The number of aryl methyl sites for hydroxylation is 1. The molecule has 2 heterocycles. The van der Waals surface area contributed by atoms with Crippen molar-refractivity contribution in [3.63, 3.8) is 0 Å². The number of anilines is 1. The van der Waals surface area contributed by atoms with E-state index in [9.17, 15) is 14.5 Å². The van der Waals surface area contributed by atoms with E-state index in [0.717, 1.165) is 17.5 Å². The standard InChI is InChI=1S/C7H7FN6O2S/c8-1-2-13-5(4(3-10-13)14(15)16)6-11-12-7(9)17-6/h3H,1-2H2,(H2,9,12). The average Bonchev–Trinajstić information content (AvgIpc) is 2.84. The number of nitrogen functional groups attached to an aromatic ring is 1. The third kappa shape index (κ3) is 2.06. The average molecular weight is 258 g/mol. The minimum absolute atomic E-state index is 0.0807. The van der Waals surface area contributed by atoms with Gasteiger partial charge in [-0.2, -0.15) is 5.10 Å². The smallest absolute Gasteiger partial charge is 0.317 e. The van der Waals surface area contributed by atoms with Crippen molar-refractivity contribution in [2.45, 2.75) is 6.54 Å². The molecule has 2 aromatic rings. The van der Waals surface area contributed by atoms with Crippen molar-refractivity contribution < 1.29 is 9.31 Å². The summed E-state index contributed by atoms with van der Waals surface area (Å²) in [4.78, 5) is 10.2. The van der Waals surface area contributed by atoms with Gasteiger partial charge in [-0.25, -0.2) is 4.39 Å². The van der Waals surface area contributed by atoms with Crippen LogP contribution in [-0.4, -0.2) is 31.6 Å². The molecule has 0 aromatic carbocycles. The highest BCUT2D eigenvalue weighted by Crippen LogP contribution is 2.32. The molecule has 2 N–H and O–H groups in total. The summed E-state index contributed by atoms with van der Waals surface area (Å²) in [5.41, 5.74) is 5.29. The molecule has 0 aliphatic heterocycles. The van der Waals surface area contributed by atoms with Gasteiger partial charge in [0.25, 0.3) is 0 Å². The van der Waals surface area contributed by atoms with E-state index in [4.69, 9.17) is 5.73 Å². The molecule has 0 unspecified atom stereocenters. The fraction of sp³-hybridized carbons (Fsp3) is 0.286. The minimum atomic E-state index is -0.680. The highest BCUT2D eigenvalue weighted by molar-refractivity contribution is 7.18. The first-order valence-corrected chi connectivity index (χ1v) is 5.30. The third-order valence-corrected chi connectivity index (χ3v) is 2.72. The second-order valence-electron chi connectivity index (χ2n) is 2.99. The first-order chi connectivity index (χ1) is 8.13. The van der Waals surface area contributed by atoms with E-state index in [0.29, 0.717) is 0 Å². The van der Waals surface area contributed by atoms with E-state index in [1.54, 1.807) is 0 Å². The fourth-order valence-electron chi connectivity index (χ4n) is 1.31. The predicted molar refractivity (Wildman–Crippen MR) is 58.2 cm³/mol. The van der Waals surface area contributed by atoms with Crippen LogP contribution in [0.2, 0.25) is 0 Å². The second kappa shape index (κ2) is 4.41. The number of aromatic nitrogens is 4. The SMILES string of the molecule is Nc1nnc(-c2c([N+](=O)[O-])cnn2CCF)s1. The van der Waals surface area contributed by atoms with Crippen molar-refractivity contribution in [2.24, 2.45) is 0 Å². The number of nitrogens with zero attached hydrogens (tertiary/aromatic N) is 5. The summed E-state index contributed by atoms with van der Waals surface area (Å²) >= 11 is 0.985. The van der Waals surface area contributed by atoms with E-state index in [2.05, 4.69) is 15.3 Å². The largest absolute Gasteiger partial charge is 0.374 e. The molecule has 0 amide bonds. The lowest BCUT2D eigenvalue weighted by molar-refractivity contribution is -0.384. The van der Waals surface area contributed by atoms with Crippen molar-refractivity contribution >= 4 is 22.2 Å². The lowest BCUT2D eigenvalue weighted by Crippen LogP contribution is -2.04. The summed E-state index contributed by atoms with van der Waals surface area (Å²) in [6, 6.07) is 0. The Bertz CT molecular complexity index is 552. The second-order valence-corrected chi connectivity index (χ2v) is 4.00. The number of hydrogen-bond acceptors (Lipinski definition) is 7. The monoisotopic (exact) mass is 258 g/mol. The van der Waals surface area contributed by atoms with Crippen LogP contribution in [0.15, 0.2) is 6.20 Å². The molecular weight excluding hydrogens is 251 g/mol. The van der Waals surface area contributed by atoms with Crippen LogP contribution >= 0.6 is 11.3 Å². The van der Waals surface area contributed by atoms with E-state index in [-0.39, 0.29) is 28.1 Å². The van der Waals surface area contributed by atoms with Crippen LogP contribution in [0.3, 0.4) is 0 Å². The number of alkyl halides is 1. The van der Waals surface area contributed by atoms with Gasteiger partial charge in [0.05, 0.1) is 11.5 Å². The van der Waals surface area contributed by atoms with Gasteiger partial charge in [-0.15, -0.1) is 10.2 Å². The van der Waals surface area contributed by atoms with Crippen LogP contribution in [0, 0.1) is 10.1 Å². The van der Waals surface area contributed by atoms with Crippen LogP contribution in [0.1, 0.15) is 0 Å². The van der Waals surface area contributed by atoms with E-state index in [1.165, 1.54) is 4.68 Å². The summed E-state index contributed by atoms with van der Waals surface area (Å²) in [7, 11) is 0. The number of hydrogen-bond donors (Lipinski definition) is 1. The summed E-state index contributed by atoms with van der Waals surface area (Å²) < 4.78 is 13.5. The first-order valence-electron chi connectivity index (χ1n) is 4.49. The Labute approximate surface area is 98.0 Å². The third-order valence-electron chi connectivity index (χ3n) is 1.96. The Morgan fingerprint density at radius 3 is 2.88 bits per heavy atom. The number of nitrogens with two attached hydrogens (primary N) is 1. The molecule has 17 heavy (non-hydrogen) atoms. The van der Waals surface area contributed by atoms with Gasteiger partial charge < -0.3 is 5.73 Å². The molecule has 2 rings (SSSR count). The van der Waals surface area contributed by atoms with Crippen LogP contribution < -0.4 is 5.73 Å². The van der Waals surface area contributed by atoms with Crippen LogP contribution in [0.25, 0.3) is 10.7 Å². The van der Waals surface area contributed by atoms with E-state index < -0.39 is 11.6 Å². The summed E-state index contributed by atoms with van der Waals surface area (Å²) in [6.07, 6.45) is 1.06. The Morgan fingerprint density at radius 1 is 1.59 bits per heavy atom. The maximum Gasteiger partial charge on any atom is 0.317 e. The zero-order valence-electron chi connectivity index (χ0n) is 8.41. The molecule has 2 aromatic heterocycles. The highest BCUT2D eigenvalue weighted by Gasteiger charge is 2.24. The Hall–Kier alpha value is -2.10. The van der Waals surface area contributed by atoms with Crippen molar-refractivity contribution in [3.05, 3.63) is 16.3 Å². The first kappa shape index (κ1) is 11.4. The van der Waals surface area contributed by atoms with Crippen LogP contribution in [0.4, 0.5) is 15.2 Å². The van der Waals surface area contributed by atoms with Gasteiger partial charge in [0.1, 0.15) is 12.9 Å². The topological polar surface area (TPSA) is 113 Å². The maximum atomic E-state index is 12.3. The van der Waals surface area contributed by atoms with Crippen LogP contribution in [-0.2, 0) is 6.54 Å². The predicted octanol–water partition coefficient (Wildman–Crippen LogP) is 0.861. The molecule has 0 aliphatic carbocycles. The minimum Gasteiger partial charge on any atom is -0.374 e. The molecule has 90 valence electrons. The van der Waals surface area contributed by atoms with Gasteiger partial charge in [0.15, 0.2) is 10.7 Å². The van der Waals surface area contributed by atoms with Crippen molar-refractivity contribution in [1.82, 2.24) is 20.0 Å². The Kier molecular flexibility index (Phi) is 2.95. The molecule has 0 aliphatic rings. The van der Waals surface area contributed by atoms with Gasteiger partial charge in [0, 0.05) is 0 Å².